The fourth-order valence-corrected chi connectivity index (χ4v) is 5.36. The monoisotopic (exact) mass is 497 g/mol. The minimum Gasteiger partial charge on any atom is -0.382 e. The molecule has 3 rings (SSSR count). The van der Waals surface area contributed by atoms with Crippen molar-refractivity contribution in [3.8, 4) is 10.6 Å². The molecular weight excluding hydrogens is 471 g/mol. The van der Waals surface area contributed by atoms with Gasteiger partial charge in [-0.3, -0.25) is 0 Å². The van der Waals surface area contributed by atoms with Crippen molar-refractivity contribution in [3.05, 3.63) is 29.8 Å². The number of hydrogen-bond acceptors (Lipinski definition) is 9. The maximum atomic E-state index is 13.4. The Kier molecular flexibility index (Phi) is 7.90. The largest absolute Gasteiger partial charge is 0.418 e. The first-order valence-electron chi connectivity index (χ1n) is 10.6. The maximum Gasteiger partial charge on any atom is 0.418 e. The summed E-state index contributed by atoms with van der Waals surface area (Å²) < 4.78 is 40.1. The molecule has 2 heterocycles. The quantitative estimate of drug-likeness (QED) is 0.323. The highest BCUT2D eigenvalue weighted by atomic mass is 32.1. The fraction of sp³-hybridized carbons (Fsp3) is 0.429. The molecule has 0 saturated carbocycles. The Morgan fingerprint density at radius 2 is 1.45 bits per heavy atom. The molecule has 0 amide bonds. The van der Waals surface area contributed by atoms with Crippen molar-refractivity contribution in [2.45, 2.75) is 33.9 Å². The zero-order chi connectivity index (χ0) is 24.2. The summed E-state index contributed by atoms with van der Waals surface area (Å²) in [6.07, 6.45) is -4.53. The highest BCUT2D eigenvalue weighted by molar-refractivity contribution is 7.22. The van der Waals surface area contributed by atoms with Crippen molar-refractivity contribution < 1.29 is 13.2 Å². The van der Waals surface area contributed by atoms with Crippen LogP contribution in [0.3, 0.4) is 0 Å². The summed E-state index contributed by atoms with van der Waals surface area (Å²) >= 11 is 2.65. The summed E-state index contributed by atoms with van der Waals surface area (Å²) in [5, 5.41) is 9.99. The first kappa shape index (κ1) is 24.9. The zero-order valence-corrected chi connectivity index (χ0v) is 20.5. The molecule has 1 aromatic carbocycles. The number of anilines is 3. The van der Waals surface area contributed by atoms with Crippen LogP contribution in [0.4, 0.5) is 39.9 Å². The Hall–Kier alpha value is -2.73. The van der Waals surface area contributed by atoms with Gasteiger partial charge in [0, 0.05) is 26.2 Å². The number of hydrogen-bond donors (Lipinski definition) is 1. The van der Waals surface area contributed by atoms with Crippen LogP contribution in [0.5, 0.6) is 0 Å². The van der Waals surface area contributed by atoms with Gasteiger partial charge in [-0.15, -0.1) is 10.2 Å². The minimum atomic E-state index is -4.53. The second kappa shape index (κ2) is 10.5. The van der Waals surface area contributed by atoms with E-state index < -0.39 is 11.7 Å². The predicted molar refractivity (Wildman–Crippen MR) is 130 cm³/mol. The van der Waals surface area contributed by atoms with E-state index in [1.807, 2.05) is 32.6 Å². The van der Waals surface area contributed by atoms with E-state index in [0.29, 0.717) is 26.5 Å². The Labute approximate surface area is 198 Å². The van der Waals surface area contributed by atoms with Gasteiger partial charge in [0.2, 0.25) is 0 Å². The topological polar surface area (TPSA) is 83.0 Å². The lowest BCUT2D eigenvalue weighted by molar-refractivity contribution is -0.137. The number of thiazole rings is 2. The van der Waals surface area contributed by atoms with E-state index in [1.165, 1.54) is 40.9 Å². The number of halogens is 3. The van der Waals surface area contributed by atoms with Gasteiger partial charge in [0.25, 0.3) is 0 Å². The summed E-state index contributed by atoms with van der Waals surface area (Å²) in [7, 11) is 0. The molecule has 0 radical (unpaired) electrons. The van der Waals surface area contributed by atoms with Gasteiger partial charge in [-0.1, -0.05) is 34.8 Å². The molecule has 0 fully saturated rings. The molecule has 3 aromatic rings. The van der Waals surface area contributed by atoms with E-state index in [-0.39, 0.29) is 5.69 Å². The van der Waals surface area contributed by atoms with E-state index in [1.54, 1.807) is 0 Å². The summed E-state index contributed by atoms with van der Waals surface area (Å²) in [5.41, 5.74) is 5.61. The van der Waals surface area contributed by atoms with Crippen LogP contribution in [0.25, 0.3) is 10.6 Å². The minimum absolute atomic E-state index is 0.255. The highest BCUT2D eigenvalue weighted by Crippen LogP contribution is 2.46. The van der Waals surface area contributed by atoms with Crippen molar-refractivity contribution in [2.75, 3.05) is 41.7 Å². The van der Waals surface area contributed by atoms with Crippen LogP contribution in [0, 0.1) is 0 Å². The number of azo groups is 1. The zero-order valence-electron chi connectivity index (χ0n) is 18.8. The van der Waals surface area contributed by atoms with Gasteiger partial charge in [0.15, 0.2) is 15.3 Å². The number of nitrogen functional groups attached to an aromatic ring is 1. The number of nitrogens with two attached hydrogens (primary N) is 1. The number of rotatable bonds is 9. The second-order valence-corrected chi connectivity index (χ2v) is 8.85. The first-order chi connectivity index (χ1) is 15.7. The summed E-state index contributed by atoms with van der Waals surface area (Å²) in [4.78, 5) is 14.0. The molecule has 0 unspecified atom stereocenters. The van der Waals surface area contributed by atoms with Crippen molar-refractivity contribution in [1.29, 1.82) is 0 Å². The van der Waals surface area contributed by atoms with Crippen LogP contribution in [-0.4, -0.2) is 36.1 Å². The van der Waals surface area contributed by atoms with Crippen LogP contribution in [0.1, 0.15) is 33.3 Å². The van der Waals surface area contributed by atoms with Gasteiger partial charge in [-0.25, -0.2) is 9.97 Å². The standard InChI is InChI=1S/C21H26F3N7S2/c1-5-30(6-2)19-26-15(16-17(25)27-20(32-16)31(7-3)8-4)18(33-19)29-28-14-12-10-9-11-13(14)21(22,23)24/h9-12H,5-8,25H2,1-4H3. The van der Waals surface area contributed by atoms with Crippen molar-refractivity contribution in [1.82, 2.24) is 9.97 Å². The maximum absolute atomic E-state index is 13.4. The van der Waals surface area contributed by atoms with Crippen molar-refractivity contribution >= 4 is 49.4 Å². The SMILES string of the molecule is CCN(CC)c1nc(-c2sc(N(CC)CC)nc2N)c(N=Nc2ccccc2C(F)(F)F)s1. The summed E-state index contributed by atoms with van der Waals surface area (Å²) in [6.45, 7) is 11.0. The van der Waals surface area contributed by atoms with E-state index >= 15 is 0 Å². The number of benzene rings is 1. The average Bonchev–Trinajstić information content (AvgIpc) is 3.37. The lowest BCUT2D eigenvalue weighted by atomic mass is 10.2. The van der Waals surface area contributed by atoms with Gasteiger partial charge >= 0.3 is 6.18 Å². The van der Waals surface area contributed by atoms with Crippen LogP contribution in [-0.2, 0) is 6.18 Å². The molecule has 12 heteroatoms. The van der Waals surface area contributed by atoms with Gasteiger partial charge in [0.05, 0.1) is 11.3 Å². The number of nitrogens with zero attached hydrogens (tertiary/aromatic N) is 6. The molecule has 7 nitrogen and oxygen atoms in total. The normalized spacial score (nSPS) is 12.0. The van der Waals surface area contributed by atoms with Gasteiger partial charge < -0.3 is 15.5 Å². The Morgan fingerprint density at radius 3 is 2.03 bits per heavy atom. The predicted octanol–water partition coefficient (Wildman–Crippen LogP) is 6.98. The van der Waals surface area contributed by atoms with E-state index in [0.717, 1.165) is 37.4 Å². The van der Waals surface area contributed by atoms with Crippen LogP contribution >= 0.6 is 22.7 Å². The molecule has 0 aliphatic carbocycles. The molecule has 0 atom stereocenters. The van der Waals surface area contributed by atoms with Gasteiger partial charge in [-0.2, -0.15) is 13.2 Å². The number of alkyl halides is 3. The van der Waals surface area contributed by atoms with Crippen LogP contribution in [0.2, 0.25) is 0 Å². The molecule has 0 spiro atoms. The molecule has 0 saturated heterocycles. The second-order valence-electron chi connectivity index (χ2n) is 6.92. The van der Waals surface area contributed by atoms with E-state index in [9.17, 15) is 13.2 Å². The van der Waals surface area contributed by atoms with E-state index in [2.05, 4.69) is 20.1 Å². The van der Waals surface area contributed by atoms with Crippen molar-refractivity contribution in [2.24, 2.45) is 10.2 Å². The van der Waals surface area contributed by atoms with Crippen LogP contribution in [0.15, 0.2) is 34.5 Å². The Morgan fingerprint density at radius 1 is 0.879 bits per heavy atom. The molecular formula is C21H26F3N7S2. The Bertz CT molecular complexity index is 1100. The van der Waals surface area contributed by atoms with Gasteiger partial charge in [0.1, 0.15) is 16.4 Å². The Balaban J connectivity index is 2.11. The highest BCUT2D eigenvalue weighted by Gasteiger charge is 2.33. The summed E-state index contributed by atoms with van der Waals surface area (Å²) in [5.74, 6) is 0.311. The van der Waals surface area contributed by atoms with Crippen molar-refractivity contribution in [3.63, 3.8) is 0 Å². The molecule has 0 aliphatic heterocycles. The molecule has 0 aliphatic rings. The van der Waals surface area contributed by atoms with Gasteiger partial charge in [-0.05, 0) is 39.8 Å². The summed E-state index contributed by atoms with van der Waals surface area (Å²) in [6, 6.07) is 5.10. The lowest BCUT2D eigenvalue weighted by Crippen LogP contribution is -2.21. The molecule has 2 N–H and O–H groups in total. The first-order valence-corrected chi connectivity index (χ1v) is 12.2. The lowest BCUT2D eigenvalue weighted by Gasteiger charge is -2.16. The fourth-order valence-electron chi connectivity index (χ4n) is 3.17. The third kappa shape index (κ3) is 5.44. The molecule has 178 valence electrons. The third-order valence-electron chi connectivity index (χ3n) is 4.98. The average molecular weight is 498 g/mol. The number of aromatic nitrogens is 2. The van der Waals surface area contributed by atoms with Crippen LogP contribution < -0.4 is 15.5 Å². The molecule has 0 bridgehead atoms. The van der Waals surface area contributed by atoms with E-state index in [4.69, 9.17) is 10.7 Å². The molecule has 2 aromatic heterocycles. The smallest absolute Gasteiger partial charge is 0.382 e. The third-order valence-corrected chi connectivity index (χ3v) is 7.12. The molecule has 33 heavy (non-hydrogen) atoms.